The van der Waals surface area contributed by atoms with E-state index in [4.69, 9.17) is 14.2 Å². The fraction of sp³-hybridized carbons (Fsp3) is 0.350. The standard InChI is InChI=1S/C20H22O4/c1-22-17-9-8-16(19(13-17)23-2)12-20(21)24-18-10-7-14-5-3-4-6-15(14)11-18/h7-11,13H,3-6,12H2,1-2H3. The Morgan fingerprint density at radius 1 is 0.917 bits per heavy atom. The van der Waals surface area contributed by atoms with Gasteiger partial charge in [0.05, 0.1) is 20.6 Å². The SMILES string of the molecule is COc1ccc(CC(=O)Oc2ccc3c(c2)CCCC3)c(OC)c1. The van der Waals surface area contributed by atoms with Crippen LogP contribution in [0, 0.1) is 0 Å². The van der Waals surface area contributed by atoms with Gasteiger partial charge in [0.25, 0.3) is 0 Å². The highest BCUT2D eigenvalue weighted by molar-refractivity contribution is 5.76. The molecule has 0 unspecified atom stereocenters. The van der Waals surface area contributed by atoms with Gasteiger partial charge < -0.3 is 14.2 Å². The molecule has 1 aliphatic rings. The third-order valence-electron chi connectivity index (χ3n) is 4.38. The van der Waals surface area contributed by atoms with Gasteiger partial charge in [0, 0.05) is 11.6 Å². The van der Waals surface area contributed by atoms with Gasteiger partial charge in [0.15, 0.2) is 0 Å². The monoisotopic (exact) mass is 326 g/mol. The molecule has 0 heterocycles. The number of rotatable bonds is 5. The number of hydrogen-bond donors (Lipinski definition) is 0. The molecule has 4 heteroatoms. The lowest BCUT2D eigenvalue weighted by Gasteiger charge is -2.16. The van der Waals surface area contributed by atoms with Crippen LogP contribution in [0.4, 0.5) is 0 Å². The predicted octanol–water partition coefficient (Wildman–Crippen LogP) is 3.73. The van der Waals surface area contributed by atoms with E-state index in [1.165, 1.54) is 24.0 Å². The molecular weight excluding hydrogens is 304 g/mol. The van der Waals surface area contributed by atoms with E-state index in [1.54, 1.807) is 20.3 Å². The molecule has 0 N–H and O–H groups in total. The molecule has 0 aliphatic heterocycles. The minimum absolute atomic E-state index is 0.157. The van der Waals surface area contributed by atoms with E-state index in [0.717, 1.165) is 18.4 Å². The molecule has 0 aromatic heterocycles. The Morgan fingerprint density at radius 2 is 1.67 bits per heavy atom. The number of carbonyl (C=O) groups is 1. The second-order valence-corrected chi connectivity index (χ2v) is 5.97. The van der Waals surface area contributed by atoms with Crippen molar-refractivity contribution in [3.8, 4) is 17.2 Å². The van der Waals surface area contributed by atoms with Crippen LogP contribution in [0.25, 0.3) is 0 Å². The Bertz CT molecular complexity index is 736. The summed E-state index contributed by atoms with van der Waals surface area (Å²) in [5, 5.41) is 0. The molecule has 4 nitrogen and oxygen atoms in total. The molecule has 0 amide bonds. The maximum Gasteiger partial charge on any atom is 0.315 e. The van der Waals surface area contributed by atoms with Gasteiger partial charge in [0.1, 0.15) is 17.2 Å². The van der Waals surface area contributed by atoms with Gasteiger partial charge in [0.2, 0.25) is 0 Å². The first kappa shape index (κ1) is 16.4. The van der Waals surface area contributed by atoms with Crippen molar-refractivity contribution in [2.75, 3.05) is 14.2 Å². The molecule has 0 atom stereocenters. The van der Waals surface area contributed by atoms with Crippen molar-refractivity contribution in [1.82, 2.24) is 0 Å². The summed E-state index contributed by atoms with van der Waals surface area (Å²) in [6, 6.07) is 11.4. The Balaban J connectivity index is 1.69. The lowest BCUT2D eigenvalue weighted by Crippen LogP contribution is -2.13. The largest absolute Gasteiger partial charge is 0.497 e. The number of benzene rings is 2. The molecule has 2 aromatic rings. The smallest absolute Gasteiger partial charge is 0.315 e. The van der Waals surface area contributed by atoms with E-state index >= 15 is 0 Å². The highest BCUT2D eigenvalue weighted by Crippen LogP contribution is 2.27. The van der Waals surface area contributed by atoms with Crippen molar-refractivity contribution in [2.24, 2.45) is 0 Å². The van der Waals surface area contributed by atoms with Gasteiger partial charge in [-0.3, -0.25) is 4.79 Å². The Kier molecular flexibility index (Phi) is 5.04. The summed E-state index contributed by atoms with van der Waals surface area (Å²) in [4.78, 5) is 12.3. The van der Waals surface area contributed by atoms with E-state index in [-0.39, 0.29) is 12.4 Å². The average Bonchev–Trinajstić information content (AvgIpc) is 2.62. The molecule has 0 saturated heterocycles. The van der Waals surface area contributed by atoms with Crippen molar-refractivity contribution in [1.29, 1.82) is 0 Å². The first-order valence-corrected chi connectivity index (χ1v) is 8.23. The minimum atomic E-state index is -0.297. The van der Waals surface area contributed by atoms with Crippen LogP contribution in [-0.4, -0.2) is 20.2 Å². The summed E-state index contributed by atoms with van der Waals surface area (Å²) < 4.78 is 16.0. The van der Waals surface area contributed by atoms with Crippen LogP contribution in [0.3, 0.4) is 0 Å². The van der Waals surface area contributed by atoms with E-state index in [1.807, 2.05) is 24.3 Å². The third-order valence-corrected chi connectivity index (χ3v) is 4.38. The van der Waals surface area contributed by atoms with Crippen molar-refractivity contribution in [3.05, 3.63) is 53.1 Å². The Labute approximate surface area is 142 Å². The van der Waals surface area contributed by atoms with E-state index < -0.39 is 0 Å². The molecule has 0 fully saturated rings. The lowest BCUT2D eigenvalue weighted by molar-refractivity contribution is -0.133. The molecule has 0 spiro atoms. The van der Waals surface area contributed by atoms with Crippen LogP contribution >= 0.6 is 0 Å². The van der Waals surface area contributed by atoms with Crippen LogP contribution in [-0.2, 0) is 24.1 Å². The zero-order valence-electron chi connectivity index (χ0n) is 14.1. The molecule has 2 aromatic carbocycles. The van der Waals surface area contributed by atoms with Gasteiger partial charge in [-0.2, -0.15) is 0 Å². The predicted molar refractivity (Wildman–Crippen MR) is 92.0 cm³/mol. The van der Waals surface area contributed by atoms with E-state index in [2.05, 4.69) is 6.07 Å². The second kappa shape index (κ2) is 7.39. The zero-order chi connectivity index (χ0) is 16.9. The fourth-order valence-electron chi connectivity index (χ4n) is 3.09. The molecule has 0 saturated carbocycles. The summed E-state index contributed by atoms with van der Waals surface area (Å²) in [6.45, 7) is 0. The van der Waals surface area contributed by atoms with Crippen molar-refractivity contribution in [2.45, 2.75) is 32.1 Å². The third kappa shape index (κ3) is 3.70. The summed E-state index contributed by atoms with van der Waals surface area (Å²) in [7, 11) is 3.17. The molecule has 3 rings (SSSR count). The Hall–Kier alpha value is -2.49. The number of esters is 1. The van der Waals surface area contributed by atoms with Gasteiger partial charge >= 0.3 is 5.97 Å². The maximum atomic E-state index is 12.3. The van der Waals surface area contributed by atoms with Gasteiger partial charge in [-0.15, -0.1) is 0 Å². The second-order valence-electron chi connectivity index (χ2n) is 5.97. The van der Waals surface area contributed by atoms with Crippen molar-refractivity contribution >= 4 is 5.97 Å². The first-order valence-electron chi connectivity index (χ1n) is 8.23. The van der Waals surface area contributed by atoms with Crippen LogP contribution in [0.2, 0.25) is 0 Å². The normalized spacial score (nSPS) is 13.1. The maximum absolute atomic E-state index is 12.3. The molecule has 126 valence electrons. The van der Waals surface area contributed by atoms with Crippen LogP contribution in [0.1, 0.15) is 29.5 Å². The molecular formula is C20H22O4. The fourth-order valence-corrected chi connectivity index (χ4v) is 3.09. The van der Waals surface area contributed by atoms with Gasteiger partial charge in [-0.25, -0.2) is 0 Å². The first-order chi connectivity index (χ1) is 11.7. The average molecular weight is 326 g/mol. The molecule has 24 heavy (non-hydrogen) atoms. The number of methoxy groups -OCH3 is 2. The number of carbonyl (C=O) groups excluding carboxylic acids is 1. The summed E-state index contributed by atoms with van der Waals surface area (Å²) in [6.07, 6.45) is 4.78. The molecule has 0 bridgehead atoms. The topological polar surface area (TPSA) is 44.8 Å². The van der Waals surface area contributed by atoms with Crippen molar-refractivity contribution < 1.29 is 19.0 Å². The highest BCUT2D eigenvalue weighted by Gasteiger charge is 2.14. The van der Waals surface area contributed by atoms with Crippen LogP contribution in [0.5, 0.6) is 17.2 Å². The highest BCUT2D eigenvalue weighted by atomic mass is 16.5. The Morgan fingerprint density at radius 3 is 2.42 bits per heavy atom. The van der Waals surface area contributed by atoms with E-state index in [0.29, 0.717) is 17.2 Å². The van der Waals surface area contributed by atoms with Gasteiger partial charge in [-0.1, -0.05) is 12.1 Å². The quantitative estimate of drug-likeness (QED) is 0.620. The zero-order valence-corrected chi connectivity index (χ0v) is 14.1. The van der Waals surface area contributed by atoms with Gasteiger partial charge in [-0.05, 0) is 55.0 Å². The minimum Gasteiger partial charge on any atom is -0.497 e. The number of fused-ring (bicyclic) bond motifs is 1. The number of aryl methyl sites for hydroxylation is 2. The van der Waals surface area contributed by atoms with Crippen molar-refractivity contribution in [3.63, 3.8) is 0 Å². The molecule has 0 radical (unpaired) electrons. The lowest BCUT2D eigenvalue weighted by atomic mass is 9.92. The summed E-state index contributed by atoms with van der Waals surface area (Å²) in [5.41, 5.74) is 3.45. The van der Waals surface area contributed by atoms with E-state index in [9.17, 15) is 4.79 Å². The van der Waals surface area contributed by atoms with Crippen LogP contribution in [0.15, 0.2) is 36.4 Å². The summed E-state index contributed by atoms with van der Waals surface area (Å²) >= 11 is 0. The molecule has 1 aliphatic carbocycles. The number of ether oxygens (including phenoxy) is 3. The number of hydrogen-bond acceptors (Lipinski definition) is 4. The summed E-state index contributed by atoms with van der Waals surface area (Å²) in [5.74, 6) is 1.64. The van der Waals surface area contributed by atoms with Crippen LogP contribution < -0.4 is 14.2 Å².